The Morgan fingerprint density at radius 1 is 1.02 bits per heavy atom. The topological polar surface area (TPSA) is 134 Å². The molecule has 0 bridgehead atoms. The summed E-state index contributed by atoms with van der Waals surface area (Å²) >= 11 is 0. The molecule has 4 saturated carbocycles. The number of nitrogens with one attached hydrogen (secondary N) is 2. The highest BCUT2D eigenvalue weighted by Crippen LogP contribution is 2.69. The van der Waals surface area contributed by atoms with Crippen molar-refractivity contribution in [2.75, 3.05) is 13.3 Å². The van der Waals surface area contributed by atoms with Crippen molar-refractivity contribution in [3.63, 3.8) is 0 Å². The van der Waals surface area contributed by atoms with E-state index in [0.29, 0.717) is 41.7 Å². The van der Waals surface area contributed by atoms with E-state index in [1.54, 1.807) is 0 Å². The molecule has 11 atom stereocenters. The van der Waals surface area contributed by atoms with Gasteiger partial charge in [-0.05, 0) is 109 Å². The van der Waals surface area contributed by atoms with Crippen LogP contribution in [0, 0.1) is 52.3 Å². The molecule has 1 aromatic carbocycles. The number of urea groups is 1. The summed E-state index contributed by atoms with van der Waals surface area (Å²) < 4.78 is 38.3. The van der Waals surface area contributed by atoms with Crippen LogP contribution in [0.2, 0.25) is 0 Å². The first-order chi connectivity index (χ1) is 19.9. The number of aliphatic hydroxyl groups is 2. The second kappa shape index (κ2) is 10.8. The van der Waals surface area contributed by atoms with Crippen molar-refractivity contribution in [1.29, 1.82) is 0 Å². The van der Waals surface area contributed by atoms with E-state index >= 15 is 0 Å². The largest absolute Gasteiger partial charge is 0.454 e. The minimum Gasteiger partial charge on any atom is -0.454 e. The van der Waals surface area contributed by atoms with Crippen LogP contribution in [0.15, 0.2) is 23.1 Å². The Labute approximate surface area is 250 Å². The highest BCUT2D eigenvalue weighted by Gasteiger charge is 2.64. The highest BCUT2D eigenvalue weighted by molar-refractivity contribution is 7.90. The molecule has 1 heterocycles. The summed E-state index contributed by atoms with van der Waals surface area (Å²) in [6.45, 7) is 9.62. The van der Waals surface area contributed by atoms with Gasteiger partial charge in [-0.15, -0.1) is 0 Å². The molecule has 0 radical (unpaired) electrons. The van der Waals surface area contributed by atoms with E-state index in [4.69, 9.17) is 9.47 Å². The molecule has 4 fully saturated rings. The normalized spacial score (nSPS) is 41.3. The minimum atomic E-state index is -4.07. The number of hydrogen-bond acceptors (Lipinski definition) is 7. The third-order valence-electron chi connectivity index (χ3n) is 12.6. The first kappa shape index (κ1) is 30.0. The third kappa shape index (κ3) is 4.80. The maximum Gasteiger partial charge on any atom is 0.328 e. The molecule has 0 aromatic heterocycles. The van der Waals surface area contributed by atoms with Gasteiger partial charge >= 0.3 is 6.03 Å². The lowest BCUT2D eigenvalue weighted by Gasteiger charge is -2.64. The van der Waals surface area contributed by atoms with Gasteiger partial charge in [0.2, 0.25) is 6.79 Å². The number of benzene rings is 1. The van der Waals surface area contributed by atoms with Crippen LogP contribution in [-0.2, 0) is 10.0 Å². The fourth-order valence-corrected chi connectivity index (χ4v) is 11.5. The van der Waals surface area contributed by atoms with E-state index in [0.717, 1.165) is 51.4 Å². The molecule has 10 heteroatoms. The predicted octanol–water partition coefficient (Wildman–Crippen LogP) is 4.67. The second-order valence-corrected chi connectivity index (χ2v) is 16.1. The molecule has 6 rings (SSSR count). The molecule has 3 unspecified atom stereocenters. The summed E-state index contributed by atoms with van der Waals surface area (Å²) in [4.78, 5) is 12.7. The highest BCUT2D eigenvalue weighted by atomic mass is 32.2. The zero-order chi connectivity index (χ0) is 30.0. The van der Waals surface area contributed by atoms with Gasteiger partial charge in [0.05, 0.1) is 17.1 Å². The Bertz CT molecular complexity index is 1310. The molecule has 42 heavy (non-hydrogen) atoms. The number of amides is 2. The Morgan fingerprint density at radius 3 is 2.50 bits per heavy atom. The number of hydrogen-bond donors (Lipinski definition) is 4. The van der Waals surface area contributed by atoms with Crippen LogP contribution < -0.4 is 19.5 Å². The van der Waals surface area contributed by atoms with Crippen LogP contribution in [0.3, 0.4) is 0 Å². The molecule has 9 nitrogen and oxygen atoms in total. The fourth-order valence-electron chi connectivity index (χ4n) is 10.6. The van der Waals surface area contributed by atoms with Gasteiger partial charge in [-0.3, -0.25) is 0 Å². The number of fused-ring (bicyclic) bond motifs is 6. The van der Waals surface area contributed by atoms with Crippen molar-refractivity contribution in [1.82, 2.24) is 10.0 Å². The SMILES string of the molecule is CC[C@@H]1C2C[C@H](O)CC[C@@]2(C)[C@H]2CCC3(C)[C@@H]([C@H](C)CNC(=O)NS(=O)(=O)c4ccc5c(c4)OCO5)CC[C@H]3C2[C@@H]1O. The van der Waals surface area contributed by atoms with Crippen LogP contribution in [0.5, 0.6) is 11.5 Å². The number of aliphatic hydroxyl groups excluding tert-OH is 2. The summed E-state index contributed by atoms with van der Waals surface area (Å²) in [6.07, 6.45) is 7.40. The van der Waals surface area contributed by atoms with Gasteiger partial charge in [-0.1, -0.05) is 34.1 Å². The summed E-state index contributed by atoms with van der Waals surface area (Å²) in [6, 6.07) is 3.53. The molecular formula is C32H48N2O7S. The Kier molecular flexibility index (Phi) is 7.75. The number of carbonyl (C=O) groups excluding carboxylic acids is 1. The average Bonchev–Trinajstić information content (AvgIpc) is 3.56. The number of sulfonamides is 1. The standard InChI is InChI=1S/C32H48N2O7S/c1-5-21-25-14-19(35)10-12-32(25,4)24-11-13-31(3)22(7-8-23(31)28(24)29(21)36)18(2)16-33-30(37)34-42(38,39)20-6-9-26-27(15-20)41-17-40-26/h6,9,15,18-19,21-25,28-29,35-36H,5,7-8,10-14,16-17H2,1-4H3,(H2,33,34,37)/t18-,19-,21-,22-,23+,24+,25?,28?,29-,31?,32+/m1/s1. The number of rotatable bonds is 6. The van der Waals surface area contributed by atoms with Crippen LogP contribution in [-0.4, -0.2) is 50.2 Å². The zero-order valence-electron chi connectivity index (χ0n) is 25.3. The van der Waals surface area contributed by atoms with Crippen LogP contribution in [0.4, 0.5) is 4.79 Å². The first-order valence-electron chi connectivity index (χ1n) is 16.0. The molecule has 234 valence electrons. The molecule has 4 N–H and O–H groups in total. The van der Waals surface area contributed by atoms with E-state index in [1.807, 2.05) is 0 Å². The Hall–Kier alpha value is -2.04. The zero-order valence-corrected chi connectivity index (χ0v) is 26.2. The van der Waals surface area contributed by atoms with Crippen molar-refractivity contribution in [2.45, 2.75) is 96.2 Å². The number of ether oxygens (including phenoxy) is 2. The Balaban J connectivity index is 1.12. The molecule has 5 aliphatic rings. The van der Waals surface area contributed by atoms with E-state index in [1.165, 1.54) is 18.2 Å². The molecular weight excluding hydrogens is 556 g/mol. The lowest BCUT2D eigenvalue weighted by molar-refractivity contribution is -0.203. The molecule has 0 spiro atoms. The lowest BCUT2D eigenvalue weighted by atomic mass is 9.41. The van der Waals surface area contributed by atoms with E-state index < -0.39 is 16.1 Å². The van der Waals surface area contributed by atoms with Gasteiger partial charge in [0, 0.05) is 12.6 Å². The van der Waals surface area contributed by atoms with E-state index in [9.17, 15) is 23.4 Å². The summed E-state index contributed by atoms with van der Waals surface area (Å²) in [5.41, 5.74) is 0.228. The van der Waals surface area contributed by atoms with Gasteiger partial charge < -0.3 is 25.0 Å². The van der Waals surface area contributed by atoms with Crippen LogP contribution in [0.25, 0.3) is 0 Å². The van der Waals surface area contributed by atoms with Gasteiger partial charge in [0.15, 0.2) is 11.5 Å². The van der Waals surface area contributed by atoms with Crippen molar-refractivity contribution in [2.24, 2.45) is 52.3 Å². The monoisotopic (exact) mass is 604 g/mol. The molecule has 1 aliphatic heterocycles. The lowest BCUT2D eigenvalue weighted by Crippen LogP contribution is -2.62. The van der Waals surface area contributed by atoms with Crippen LogP contribution >= 0.6 is 0 Å². The molecule has 0 saturated heterocycles. The van der Waals surface area contributed by atoms with E-state index in [-0.39, 0.29) is 52.5 Å². The first-order valence-corrected chi connectivity index (χ1v) is 17.4. The summed E-state index contributed by atoms with van der Waals surface area (Å²) in [5, 5.41) is 25.3. The van der Waals surface area contributed by atoms with Gasteiger partial charge in [0.25, 0.3) is 10.0 Å². The van der Waals surface area contributed by atoms with E-state index in [2.05, 4.69) is 37.7 Å². The smallest absolute Gasteiger partial charge is 0.328 e. The van der Waals surface area contributed by atoms with Crippen molar-refractivity contribution in [3.05, 3.63) is 18.2 Å². The second-order valence-electron chi connectivity index (χ2n) is 14.4. The fraction of sp³-hybridized carbons (Fsp3) is 0.781. The maximum atomic E-state index is 12.8. The average molecular weight is 605 g/mol. The van der Waals surface area contributed by atoms with Crippen molar-refractivity contribution < 1.29 is 32.9 Å². The van der Waals surface area contributed by atoms with Crippen LogP contribution in [0.1, 0.15) is 79.1 Å². The van der Waals surface area contributed by atoms with Gasteiger partial charge in [-0.25, -0.2) is 17.9 Å². The predicted molar refractivity (Wildman–Crippen MR) is 157 cm³/mol. The Morgan fingerprint density at radius 2 is 1.74 bits per heavy atom. The van der Waals surface area contributed by atoms with Gasteiger partial charge in [0.1, 0.15) is 0 Å². The third-order valence-corrected chi connectivity index (χ3v) is 13.9. The quantitative estimate of drug-likeness (QED) is 0.371. The molecule has 2 amide bonds. The van der Waals surface area contributed by atoms with Gasteiger partial charge in [-0.2, -0.15) is 0 Å². The maximum absolute atomic E-state index is 12.8. The van der Waals surface area contributed by atoms with Crippen molar-refractivity contribution >= 4 is 16.1 Å². The molecule has 1 aromatic rings. The summed E-state index contributed by atoms with van der Waals surface area (Å²) in [7, 11) is -4.07. The molecule has 4 aliphatic carbocycles. The number of carbonyl (C=O) groups is 1. The minimum absolute atomic E-state index is 0.0368. The van der Waals surface area contributed by atoms with Crippen molar-refractivity contribution in [3.8, 4) is 11.5 Å². The summed E-state index contributed by atoms with van der Waals surface area (Å²) in [5.74, 6) is 3.12.